The minimum absolute atomic E-state index is 0.0182. The fourth-order valence-electron chi connectivity index (χ4n) is 2.29. The molecule has 0 aromatic carbocycles. The topological polar surface area (TPSA) is 92.9 Å². The number of carbonyl (C=O) groups is 1. The third-order valence-corrected chi connectivity index (χ3v) is 3.39. The first-order valence-electron chi connectivity index (χ1n) is 7.03. The second kappa shape index (κ2) is 5.90. The Hall–Kier alpha value is -2.44. The van der Waals surface area contributed by atoms with Gasteiger partial charge < -0.3 is 15.1 Å². The van der Waals surface area contributed by atoms with E-state index >= 15 is 0 Å². The van der Waals surface area contributed by atoms with Crippen molar-refractivity contribution in [3.8, 4) is 11.5 Å². The Labute approximate surface area is 122 Å². The number of hydrogen-bond acceptors (Lipinski definition) is 6. The third kappa shape index (κ3) is 3.18. The van der Waals surface area contributed by atoms with Gasteiger partial charge in [-0.1, -0.05) is 0 Å². The molecule has 1 fully saturated rings. The fourth-order valence-corrected chi connectivity index (χ4v) is 2.29. The molecular weight excluding hydrogens is 270 g/mol. The lowest BCUT2D eigenvalue weighted by Crippen LogP contribution is -2.38. The zero-order valence-corrected chi connectivity index (χ0v) is 11.8. The van der Waals surface area contributed by atoms with E-state index in [1.807, 2.05) is 19.1 Å². The van der Waals surface area contributed by atoms with Crippen LogP contribution >= 0.6 is 0 Å². The van der Waals surface area contributed by atoms with Crippen LogP contribution in [-0.2, 0) is 4.79 Å². The largest absolute Gasteiger partial charge is 0.460 e. The molecule has 0 radical (unpaired) electrons. The third-order valence-electron chi connectivity index (χ3n) is 3.39. The number of furan rings is 1. The molecule has 21 heavy (non-hydrogen) atoms. The van der Waals surface area contributed by atoms with E-state index < -0.39 is 0 Å². The minimum atomic E-state index is -0.317. The molecule has 1 aliphatic heterocycles. The van der Waals surface area contributed by atoms with Crippen molar-refractivity contribution in [2.45, 2.75) is 32.2 Å². The van der Waals surface area contributed by atoms with Crippen LogP contribution in [0.5, 0.6) is 0 Å². The van der Waals surface area contributed by atoms with Crippen LogP contribution in [0.1, 0.15) is 25.0 Å². The van der Waals surface area contributed by atoms with E-state index in [4.69, 9.17) is 4.42 Å². The summed E-state index contributed by atoms with van der Waals surface area (Å²) in [7, 11) is 0. The summed E-state index contributed by atoms with van der Waals surface area (Å²) < 4.78 is 5.52. The van der Waals surface area contributed by atoms with Crippen LogP contribution in [0.15, 0.2) is 22.7 Å². The number of rotatable bonds is 3. The number of nitrogens with zero attached hydrogens (tertiary/aromatic N) is 3. The summed E-state index contributed by atoms with van der Waals surface area (Å²) in [6.45, 7) is 2.59. The summed E-state index contributed by atoms with van der Waals surface area (Å²) >= 11 is 0. The van der Waals surface area contributed by atoms with Crippen molar-refractivity contribution < 1.29 is 9.21 Å². The predicted molar refractivity (Wildman–Crippen MR) is 76.5 cm³/mol. The summed E-state index contributed by atoms with van der Waals surface area (Å²) in [6, 6.07) is 3.38. The quantitative estimate of drug-likeness (QED) is 0.889. The van der Waals surface area contributed by atoms with Gasteiger partial charge in [-0.25, -0.2) is 4.98 Å². The maximum atomic E-state index is 11.9. The molecule has 0 spiro atoms. The number of anilines is 1. The smallest absolute Gasteiger partial charge is 0.244 e. The van der Waals surface area contributed by atoms with Crippen LogP contribution in [0.2, 0.25) is 0 Å². The summed E-state index contributed by atoms with van der Waals surface area (Å²) in [4.78, 5) is 16.3. The molecule has 1 saturated heterocycles. The van der Waals surface area contributed by atoms with Crippen molar-refractivity contribution in [1.82, 2.24) is 20.5 Å². The Bertz CT molecular complexity index is 640. The zero-order chi connectivity index (χ0) is 14.7. The number of amides is 1. The molecule has 7 heteroatoms. The van der Waals surface area contributed by atoms with Gasteiger partial charge in [0.2, 0.25) is 11.9 Å². The van der Waals surface area contributed by atoms with Crippen LogP contribution in [-0.4, -0.2) is 33.7 Å². The monoisotopic (exact) mass is 287 g/mol. The zero-order valence-electron chi connectivity index (χ0n) is 11.8. The number of aryl methyl sites for hydroxylation is 1. The van der Waals surface area contributed by atoms with Crippen molar-refractivity contribution >= 4 is 11.9 Å². The average molecular weight is 287 g/mol. The molecule has 0 aliphatic carbocycles. The molecule has 1 aliphatic rings. The second-order valence-electron chi connectivity index (χ2n) is 5.06. The predicted octanol–water partition coefficient (Wildman–Crippen LogP) is 1.52. The number of aromatic nitrogens is 3. The molecule has 7 nitrogen and oxygen atoms in total. The number of hydrogen-bond donors (Lipinski definition) is 2. The van der Waals surface area contributed by atoms with Gasteiger partial charge in [0.05, 0.1) is 6.20 Å². The van der Waals surface area contributed by atoms with Gasteiger partial charge in [0, 0.05) is 6.54 Å². The molecular formula is C14H17N5O2. The highest BCUT2D eigenvalue weighted by Gasteiger charge is 2.21. The lowest BCUT2D eigenvalue weighted by Gasteiger charge is -2.14. The standard InChI is InChI=1S/C14H17N5O2/c1-9-5-6-12(21-9)11-8-16-19-14(18-11)17-10-4-2-3-7-15-13(10)20/h5-6,8,10H,2-4,7H2,1H3,(H,15,20)(H,17,18,19)/t10-/m0/s1. The normalized spacial score (nSPS) is 18.9. The van der Waals surface area contributed by atoms with Crippen molar-refractivity contribution in [1.29, 1.82) is 0 Å². The van der Waals surface area contributed by atoms with Gasteiger partial charge in [-0.05, 0) is 38.3 Å². The highest BCUT2D eigenvalue weighted by Crippen LogP contribution is 2.20. The molecule has 2 aromatic heterocycles. The highest BCUT2D eigenvalue weighted by atomic mass is 16.3. The van der Waals surface area contributed by atoms with Crippen LogP contribution in [0.3, 0.4) is 0 Å². The molecule has 0 unspecified atom stereocenters. The fraction of sp³-hybridized carbons (Fsp3) is 0.429. The van der Waals surface area contributed by atoms with Crippen LogP contribution in [0, 0.1) is 6.92 Å². The van der Waals surface area contributed by atoms with E-state index in [1.165, 1.54) is 6.20 Å². The Morgan fingerprint density at radius 2 is 2.29 bits per heavy atom. The van der Waals surface area contributed by atoms with E-state index in [9.17, 15) is 4.79 Å². The van der Waals surface area contributed by atoms with E-state index in [1.54, 1.807) is 0 Å². The molecule has 0 bridgehead atoms. The Morgan fingerprint density at radius 3 is 3.10 bits per heavy atom. The summed E-state index contributed by atoms with van der Waals surface area (Å²) in [5, 5.41) is 13.8. The summed E-state index contributed by atoms with van der Waals surface area (Å²) in [5.41, 5.74) is 0.592. The lowest BCUT2D eigenvalue weighted by molar-refractivity contribution is -0.121. The first kappa shape index (κ1) is 13.5. The van der Waals surface area contributed by atoms with E-state index in [0.29, 0.717) is 17.4 Å². The molecule has 2 aromatic rings. The number of carbonyl (C=O) groups excluding carboxylic acids is 1. The molecule has 2 N–H and O–H groups in total. The van der Waals surface area contributed by atoms with Crippen molar-refractivity contribution in [3.05, 3.63) is 24.1 Å². The molecule has 3 heterocycles. The van der Waals surface area contributed by atoms with Crippen molar-refractivity contribution in [2.24, 2.45) is 0 Å². The van der Waals surface area contributed by atoms with E-state index in [-0.39, 0.29) is 11.9 Å². The van der Waals surface area contributed by atoms with Gasteiger partial charge in [0.25, 0.3) is 0 Å². The number of nitrogens with one attached hydrogen (secondary N) is 2. The Morgan fingerprint density at radius 1 is 1.38 bits per heavy atom. The molecule has 0 saturated carbocycles. The van der Waals surface area contributed by atoms with Gasteiger partial charge in [0.15, 0.2) is 5.76 Å². The first-order chi connectivity index (χ1) is 10.2. The van der Waals surface area contributed by atoms with Gasteiger partial charge in [-0.3, -0.25) is 4.79 Å². The summed E-state index contributed by atoms with van der Waals surface area (Å²) in [5.74, 6) is 1.76. The molecule has 1 atom stereocenters. The average Bonchev–Trinajstić information content (AvgIpc) is 2.82. The Balaban J connectivity index is 1.78. The summed E-state index contributed by atoms with van der Waals surface area (Å²) in [6.07, 6.45) is 4.28. The maximum Gasteiger partial charge on any atom is 0.244 e. The van der Waals surface area contributed by atoms with E-state index in [0.717, 1.165) is 31.6 Å². The molecule has 3 rings (SSSR count). The lowest BCUT2D eigenvalue weighted by atomic mass is 10.1. The minimum Gasteiger partial charge on any atom is -0.460 e. The van der Waals surface area contributed by atoms with Gasteiger partial charge in [0.1, 0.15) is 17.5 Å². The second-order valence-corrected chi connectivity index (χ2v) is 5.06. The van der Waals surface area contributed by atoms with Crippen LogP contribution < -0.4 is 10.6 Å². The SMILES string of the molecule is Cc1ccc(-c2cnnc(N[C@H]3CCCCNC3=O)n2)o1. The first-order valence-corrected chi connectivity index (χ1v) is 7.03. The maximum absolute atomic E-state index is 11.9. The van der Waals surface area contributed by atoms with E-state index in [2.05, 4.69) is 25.8 Å². The van der Waals surface area contributed by atoms with Crippen LogP contribution in [0.25, 0.3) is 11.5 Å². The van der Waals surface area contributed by atoms with Gasteiger partial charge in [-0.15, -0.1) is 5.10 Å². The van der Waals surface area contributed by atoms with Crippen molar-refractivity contribution in [2.75, 3.05) is 11.9 Å². The van der Waals surface area contributed by atoms with Crippen molar-refractivity contribution in [3.63, 3.8) is 0 Å². The van der Waals surface area contributed by atoms with Gasteiger partial charge >= 0.3 is 0 Å². The molecule has 110 valence electrons. The van der Waals surface area contributed by atoms with Crippen LogP contribution in [0.4, 0.5) is 5.95 Å². The molecule has 1 amide bonds. The Kier molecular flexibility index (Phi) is 3.81. The van der Waals surface area contributed by atoms with Gasteiger partial charge in [-0.2, -0.15) is 5.10 Å². The highest BCUT2D eigenvalue weighted by molar-refractivity contribution is 5.84.